The lowest BCUT2D eigenvalue weighted by molar-refractivity contribution is 0.297. The summed E-state index contributed by atoms with van der Waals surface area (Å²) >= 11 is 1.76. The Balaban J connectivity index is 1.56. The molecule has 0 atom stereocenters. The average molecular weight is 345 g/mol. The molecule has 0 aliphatic carbocycles. The maximum absolute atomic E-state index is 5.73. The molecule has 1 aromatic heterocycles. The van der Waals surface area contributed by atoms with Crippen molar-refractivity contribution < 1.29 is 9.47 Å². The van der Waals surface area contributed by atoms with Gasteiger partial charge in [-0.25, -0.2) is 0 Å². The Morgan fingerprint density at radius 3 is 2.67 bits per heavy atom. The molecule has 0 spiro atoms. The van der Waals surface area contributed by atoms with Gasteiger partial charge in [-0.05, 0) is 41.6 Å². The zero-order valence-corrected chi connectivity index (χ0v) is 14.9. The standard InChI is InChI=1S/C18H23N3O2S/c1-13-6-9-24-17(13)12-21-18(19-2)20-11-14-4-5-15-16(10-14)23-8-3-7-22-15/h4-6,9-10H,3,7-8,11-12H2,1-2H3,(H2,19,20,21). The van der Waals surface area contributed by atoms with Crippen molar-refractivity contribution >= 4 is 17.3 Å². The van der Waals surface area contributed by atoms with E-state index in [0.717, 1.165) is 36.0 Å². The van der Waals surface area contributed by atoms with E-state index >= 15 is 0 Å². The third-order valence-corrected chi connectivity index (χ3v) is 4.90. The van der Waals surface area contributed by atoms with Crippen molar-refractivity contribution in [2.24, 2.45) is 4.99 Å². The van der Waals surface area contributed by atoms with Gasteiger partial charge < -0.3 is 20.1 Å². The quantitative estimate of drug-likeness (QED) is 0.660. The number of nitrogens with one attached hydrogen (secondary N) is 2. The molecule has 0 fully saturated rings. The molecular formula is C18H23N3O2S. The van der Waals surface area contributed by atoms with E-state index in [1.165, 1.54) is 10.4 Å². The number of thiophene rings is 1. The summed E-state index contributed by atoms with van der Waals surface area (Å²) in [5.41, 5.74) is 2.44. The Bertz CT molecular complexity index is 712. The number of aryl methyl sites for hydroxylation is 1. The maximum atomic E-state index is 5.73. The summed E-state index contributed by atoms with van der Waals surface area (Å²) in [5, 5.41) is 8.80. The fourth-order valence-corrected chi connectivity index (χ4v) is 3.32. The van der Waals surface area contributed by atoms with E-state index in [1.807, 2.05) is 12.1 Å². The number of ether oxygens (including phenoxy) is 2. The summed E-state index contributed by atoms with van der Waals surface area (Å²) in [7, 11) is 1.78. The second-order valence-corrected chi connectivity index (χ2v) is 6.64. The Morgan fingerprint density at radius 1 is 1.12 bits per heavy atom. The van der Waals surface area contributed by atoms with E-state index < -0.39 is 0 Å². The van der Waals surface area contributed by atoms with Crippen molar-refractivity contribution in [2.75, 3.05) is 20.3 Å². The van der Waals surface area contributed by atoms with Crippen molar-refractivity contribution in [2.45, 2.75) is 26.4 Å². The summed E-state index contributed by atoms with van der Waals surface area (Å²) in [5.74, 6) is 2.44. The van der Waals surface area contributed by atoms with Crippen molar-refractivity contribution in [3.8, 4) is 11.5 Å². The summed E-state index contributed by atoms with van der Waals surface area (Å²) in [6, 6.07) is 8.19. The van der Waals surface area contributed by atoms with Gasteiger partial charge in [0.2, 0.25) is 0 Å². The lowest BCUT2D eigenvalue weighted by Gasteiger charge is -2.13. The molecule has 6 heteroatoms. The van der Waals surface area contributed by atoms with E-state index in [1.54, 1.807) is 18.4 Å². The van der Waals surface area contributed by atoms with Crippen molar-refractivity contribution in [3.05, 3.63) is 45.6 Å². The van der Waals surface area contributed by atoms with E-state index in [4.69, 9.17) is 9.47 Å². The van der Waals surface area contributed by atoms with Gasteiger partial charge >= 0.3 is 0 Å². The topological polar surface area (TPSA) is 54.9 Å². The van der Waals surface area contributed by atoms with Gasteiger partial charge in [0.25, 0.3) is 0 Å². The van der Waals surface area contributed by atoms with E-state index in [-0.39, 0.29) is 0 Å². The smallest absolute Gasteiger partial charge is 0.191 e. The molecular weight excluding hydrogens is 322 g/mol. The van der Waals surface area contributed by atoms with Crippen LogP contribution in [0.5, 0.6) is 11.5 Å². The average Bonchev–Trinajstić information content (AvgIpc) is 2.87. The second-order valence-electron chi connectivity index (χ2n) is 5.64. The van der Waals surface area contributed by atoms with Crippen LogP contribution in [0, 0.1) is 6.92 Å². The number of nitrogens with zero attached hydrogens (tertiary/aromatic N) is 1. The number of hydrogen-bond acceptors (Lipinski definition) is 4. The second kappa shape index (κ2) is 8.06. The largest absolute Gasteiger partial charge is 0.490 e. The predicted molar refractivity (Wildman–Crippen MR) is 98.1 cm³/mol. The Kier molecular flexibility index (Phi) is 5.59. The highest BCUT2D eigenvalue weighted by atomic mass is 32.1. The van der Waals surface area contributed by atoms with Crippen LogP contribution in [0.25, 0.3) is 0 Å². The first-order valence-corrected chi connectivity index (χ1v) is 9.00. The van der Waals surface area contributed by atoms with Crippen LogP contribution in [0.4, 0.5) is 0 Å². The molecule has 0 amide bonds. The van der Waals surface area contributed by atoms with Gasteiger partial charge in [-0.3, -0.25) is 4.99 Å². The first-order valence-electron chi connectivity index (χ1n) is 8.12. The molecule has 0 saturated carbocycles. The van der Waals surface area contributed by atoms with Gasteiger partial charge in [-0.1, -0.05) is 6.07 Å². The summed E-state index contributed by atoms with van der Waals surface area (Å²) in [4.78, 5) is 5.61. The highest BCUT2D eigenvalue weighted by Gasteiger charge is 2.11. The summed E-state index contributed by atoms with van der Waals surface area (Å²) < 4.78 is 11.4. The monoisotopic (exact) mass is 345 g/mol. The minimum atomic E-state index is 0.680. The Morgan fingerprint density at radius 2 is 1.92 bits per heavy atom. The zero-order chi connectivity index (χ0) is 16.8. The van der Waals surface area contributed by atoms with Gasteiger partial charge in [-0.2, -0.15) is 0 Å². The molecule has 0 radical (unpaired) electrons. The van der Waals surface area contributed by atoms with Crippen molar-refractivity contribution in [3.63, 3.8) is 0 Å². The molecule has 2 N–H and O–H groups in total. The molecule has 24 heavy (non-hydrogen) atoms. The molecule has 1 aliphatic rings. The highest BCUT2D eigenvalue weighted by molar-refractivity contribution is 7.10. The zero-order valence-electron chi connectivity index (χ0n) is 14.1. The van der Waals surface area contributed by atoms with Crippen molar-refractivity contribution in [1.29, 1.82) is 0 Å². The SMILES string of the molecule is CN=C(NCc1ccc2c(c1)OCCCO2)NCc1sccc1C. The molecule has 2 aromatic rings. The van der Waals surface area contributed by atoms with Gasteiger partial charge in [-0.15, -0.1) is 11.3 Å². The van der Waals surface area contributed by atoms with Crippen LogP contribution in [0.2, 0.25) is 0 Å². The molecule has 1 aromatic carbocycles. The molecule has 5 nitrogen and oxygen atoms in total. The molecule has 0 bridgehead atoms. The molecule has 3 rings (SSSR count). The number of aliphatic imine (C=N–C) groups is 1. The van der Waals surface area contributed by atoms with Gasteiger partial charge in [0.05, 0.1) is 19.8 Å². The van der Waals surface area contributed by atoms with Crippen molar-refractivity contribution in [1.82, 2.24) is 10.6 Å². The third kappa shape index (κ3) is 4.20. The number of hydrogen-bond donors (Lipinski definition) is 2. The van der Waals surface area contributed by atoms with Crippen LogP contribution < -0.4 is 20.1 Å². The number of benzene rings is 1. The van der Waals surface area contributed by atoms with Gasteiger partial charge in [0.1, 0.15) is 0 Å². The fourth-order valence-electron chi connectivity index (χ4n) is 2.47. The van der Waals surface area contributed by atoms with Crippen LogP contribution in [-0.4, -0.2) is 26.2 Å². The van der Waals surface area contributed by atoms with Gasteiger partial charge in [0.15, 0.2) is 17.5 Å². The predicted octanol–water partition coefficient (Wildman–Crippen LogP) is 3.08. The molecule has 1 aliphatic heterocycles. The van der Waals surface area contributed by atoms with E-state index in [0.29, 0.717) is 19.8 Å². The molecule has 0 saturated heterocycles. The van der Waals surface area contributed by atoms with Gasteiger partial charge in [0, 0.05) is 24.9 Å². The number of fused-ring (bicyclic) bond motifs is 1. The van der Waals surface area contributed by atoms with Crippen LogP contribution in [-0.2, 0) is 13.1 Å². The summed E-state index contributed by atoms with van der Waals surface area (Å²) in [6.45, 7) is 5.00. The first-order chi connectivity index (χ1) is 11.8. The number of guanidine groups is 1. The Hall–Kier alpha value is -2.21. The first kappa shape index (κ1) is 16.6. The third-order valence-electron chi connectivity index (χ3n) is 3.88. The highest BCUT2D eigenvalue weighted by Crippen LogP contribution is 2.30. The van der Waals surface area contributed by atoms with Crippen LogP contribution in [0.1, 0.15) is 22.4 Å². The van der Waals surface area contributed by atoms with E-state index in [9.17, 15) is 0 Å². The molecule has 2 heterocycles. The summed E-state index contributed by atoms with van der Waals surface area (Å²) in [6.07, 6.45) is 0.918. The lowest BCUT2D eigenvalue weighted by atomic mass is 10.2. The lowest BCUT2D eigenvalue weighted by Crippen LogP contribution is -2.36. The number of rotatable bonds is 4. The molecule has 0 unspecified atom stereocenters. The van der Waals surface area contributed by atoms with Crippen LogP contribution in [0.15, 0.2) is 34.6 Å². The molecule has 128 valence electrons. The minimum Gasteiger partial charge on any atom is -0.490 e. The fraction of sp³-hybridized carbons (Fsp3) is 0.389. The maximum Gasteiger partial charge on any atom is 0.191 e. The van der Waals surface area contributed by atoms with E-state index in [2.05, 4.69) is 40.1 Å². The van der Waals surface area contributed by atoms with Crippen LogP contribution >= 0.6 is 11.3 Å². The normalized spacial score (nSPS) is 14.2. The Labute approximate surface area is 146 Å². The van der Waals surface area contributed by atoms with Crippen LogP contribution in [0.3, 0.4) is 0 Å². The minimum absolute atomic E-state index is 0.680.